The molecule has 0 saturated carbocycles. The third-order valence-electron chi connectivity index (χ3n) is 10.9. The number of rotatable bonds is 41. The van der Waals surface area contributed by atoms with Gasteiger partial charge in [-0.2, -0.15) is 0 Å². The lowest BCUT2D eigenvalue weighted by Gasteiger charge is -2.30. The van der Waals surface area contributed by atoms with Gasteiger partial charge in [-0.05, 0) is 25.7 Å². The molecule has 0 spiro atoms. The van der Waals surface area contributed by atoms with E-state index >= 15 is 0 Å². The average Bonchev–Trinajstić information content (AvgIpc) is 3.10. The quantitative estimate of drug-likeness (QED) is 0.0270. The van der Waals surface area contributed by atoms with Crippen molar-refractivity contribution >= 4 is 10.4 Å². The van der Waals surface area contributed by atoms with Crippen LogP contribution in [0.5, 0.6) is 0 Å². The summed E-state index contributed by atoms with van der Waals surface area (Å²) in [6, 6.07) is 0. The van der Waals surface area contributed by atoms with E-state index in [4.69, 9.17) is 0 Å². The molecule has 0 unspecified atom stereocenters. The molecule has 310 valence electrons. The van der Waals surface area contributed by atoms with Crippen LogP contribution in [-0.2, 0) is 14.6 Å². The molecule has 5 nitrogen and oxygen atoms in total. The molecule has 0 atom stereocenters. The highest BCUT2D eigenvalue weighted by molar-refractivity contribution is 7.80. The molecule has 0 fully saturated rings. The van der Waals surface area contributed by atoms with E-state index in [1.54, 1.807) is 0 Å². The molecule has 0 aromatic heterocycles. The van der Waals surface area contributed by atoms with Crippen LogP contribution >= 0.6 is 0 Å². The van der Waals surface area contributed by atoms with Crippen molar-refractivity contribution in [3.8, 4) is 0 Å². The van der Waals surface area contributed by atoms with Crippen molar-refractivity contribution in [1.29, 1.82) is 0 Å². The summed E-state index contributed by atoms with van der Waals surface area (Å²) in [6.45, 7) is 7.38. The molecule has 0 aliphatic carbocycles. The monoisotopic (exact) mass is 746 g/mol. The third kappa shape index (κ3) is 52.0. The molecule has 0 saturated heterocycles. The summed E-state index contributed by atoms with van der Waals surface area (Å²) >= 11 is 0. The average molecular weight is 746 g/mol. The Morgan fingerprint density at radius 2 is 0.490 bits per heavy atom. The molecule has 6 heteroatoms. The first kappa shape index (κ1) is 52.9. The highest BCUT2D eigenvalue weighted by Crippen LogP contribution is 2.17. The van der Waals surface area contributed by atoms with Crippen LogP contribution in [0.2, 0.25) is 0 Å². The van der Waals surface area contributed by atoms with Gasteiger partial charge in [-0.15, -0.1) is 0 Å². The molecule has 0 bridgehead atoms. The van der Waals surface area contributed by atoms with E-state index in [1.807, 2.05) is 0 Å². The molecule has 0 aromatic rings. The van der Waals surface area contributed by atoms with E-state index in [9.17, 15) is 13.0 Å². The molecule has 0 aliphatic rings. The fourth-order valence-electron chi connectivity index (χ4n) is 7.35. The van der Waals surface area contributed by atoms with Gasteiger partial charge >= 0.3 is 0 Å². The molecule has 0 rings (SSSR count). The lowest BCUT2D eigenvalue weighted by atomic mass is 10.0. The zero-order valence-electron chi connectivity index (χ0n) is 35.8. The first-order valence-corrected chi connectivity index (χ1v) is 24.3. The smallest absolute Gasteiger partial charge is 0.217 e. The van der Waals surface area contributed by atoms with Crippen LogP contribution in [0, 0.1) is 0 Å². The number of nitrogens with zero attached hydrogens (tertiary/aromatic N) is 1. The first-order valence-electron chi connectivity index (χ1n) is 23.0. The molecule has 0 aliphatic heterocycles. The van der Waals surface area contributed by atoms with Crippen LogP contribution in [0.15, 0.2) is 0 Å². The fraction of sp³-hybridized carbons (Fsp3) is 1.00. The number of unbranched alkanes of at least 4 members (excludes halogenated alkanes) is 36. The summed E-state index contributed by atoms with van der Waals surface area (Å²) in [5.41, 5.74) is 0. The van der Waals surface area contributed by atoms with Crippen LogP contribution in [0.4, 0.5) is 0 Å². The van der Waals surface area contributed by atoms with Crippen LogP contribution < -0.4 is 0 Å². The van der Waals surface area contributed by atoms with Gasteiger partial charge < -0.3 is 9.04 Å². The molecule has 51 heavy (non-hydrogen) atoms. The minimum Gasteiger partial charge on any atom is -0.726 e. The van der Waals surface area contributed by atoms with Gasteiger partial charge in [-0.3, -0.25) is 4.18 Å². The van der Waals surface area contributed by atoms with Crippen LogP contribution in [0.25, 0.3) is 0 Å². The Hall–Kier alpha value is -0.170. The predicted molar refractivity (Wildman–Crippen MR) is 225 cm³/mol. The van der Waals surface area contributed by atoms with Crippen LogP contribution in [0.3, 0.4) is 0 Å². The van der Waals surface area contributed by atoms with Crippen molar-refractivity contribution in [3.05, 3.63) is 0 Å². The summed E-state index contributed by atoms with van der Waals surface area (Å²) in [7, 11) is 1.28. The molecule has 0 N–H and O–H groups in total. The zero-order valence-corrected chi connectivity index (χ0v) is 36.6. The highest BCUT2D eigenvalue weighted by atomic mass is 32.3. The normalized spacial score (nSPS) is 12.0. The van der Waals surface area contributed by atoms with Crippen molar-refractivity contribution in [2.45, 2.75) is 258 Å². The summed E-state index contributed by atoms with van der Waals surface area (Å²) in [5, 5.41) is 0. The van der Waals surface area contributed by atoms with Crippen molar-refractivity contribution in [2.75, 3.05) is 34.3 Å². The molecular formula is C45H95NO4S. The minimum atomic E-state index is -4.41. The summed E-state index contributed by atoms with van der Waals surface area (Å²) in [4.78, 5) is 0. The van der Waals surface area contributed by atoms with Crippen molar-refractivity contribution < 1.29 is 21.6 Å². The van der Waals surface area contributed by atoms with Crippen molar-refractivity contribution in [1.82, 2.24) is 0 Å². The minimum absolute atomic E-state index is 0.808. The number of hydrogen-bond donors (Lipinski definition) is 0. The molecule has 0 amide bonds. The van der Waals surface area contributed by atoms with Gasteiger partial charge in [0, 0.05) is 0 Å². The lowest BCUT2D eigenvalue weighted by Crippen LogP contribution is -2.41. The van der Waals surface area contributed by atoms with Gasteiger partial charge in [-0.1, -0.05) is 232 Å². The Morgan fingerprint density at radius 1 is 0.353 bits per heavy atom. The third-order valence-corrected chi connectivity index (χ3v) is 11.3. The van der Waals surface area contributed by atoms with Crippen LogP contribution in [0.1, 0.15) is 258 Å². The zero-order chi connectivity index (χ0) is 38.0. The van der Waals surface area contributed by atoms with Gasteiger partial charge in [0.1, 0.15) is 0 Å². The largest absolute Gasteiger partial charge is 0.726 e. The van der Waals surface area contributed by atoms with E-state index in [0.717, 1.165) is 7.11 Å². The van der Waals surface area contributed by atoms with Gasteiger partial charge in [-0.25, -0.2) is 8.42 Å². The Morgan fingerprint density at radius 3 is 0.647 bits per heavy atom. The van der Waals surface area contributed by atoms with Crippen LogP contribution in [-0.4, -0.2) is 51.7 Å². The second-order valence-electron chi connectivity index (χ2n) is 16.7. The second-order valence-corrected chi connectivity index (χ2v) is 17.8. The maximum absolute atomic E-state index is 9.22. The topological polar surface area (TPSA) is 66.4 Å². The molecule has 0 aromatic carbocycles. The maximum Gasteiger partial charge on any atom is 0.217 e. The van der Waals surface area contributed by atoms with E-state index in [-0.39, 0.29) is 0 Å². The highest BCUT2D eigenvalue weighted by Gasteiger charge is 2.13. The Kier molecular flexibility index (Phi) is 44.2. The van der Waals surface area contributed by atoms with Gasteiger partial charge in [0.15, 0.2) is 0 Å². The standard InChI is InChI=1S/C44H92N.CH4O4S/c1-5-7-9-11-12-13-14-15-16-17-18-19-20-21-22-23-24-25-26-27-28-29-30-31-32-33-34-35-36-37-38-39-40-42-44-45(3,4)43-41-10-8-6-2;1-5-6(2,3)4/h5-44H2,1-4H3;1H3,(H,2,3,4)/q+1;/p-1. The van der Waals surface area contributed by atoms with Gasteiger partial charge in [0.25, 0.3) is 0 Å². The van der Waals surface area contributed by atoms with Gasteiger partial charge in [0.2, 0.25) is 10.4 Å². The van der Waals surface area contributed by atoms with E-state index in [1.165, 1.54) is 262 Å². The van der Waals surface area contributed by atoms with Crippen molar-refractivity contribution in [3.63, 3.8) is 0 Å². The molecular weight excluding hydrogens is 651 g/mol. The fourth-order valence-corrected chi connectivity index (χ4v) is 7.35. The summed E-state index contributed by atoms with van der Waals surface area (Å²) in [6.07, 6.45) is 56.0. The van der Waals surface area contributed by atoms with Gasteiger partial charge in [0.05, 0.1) is 34.3 Å². The maximum atomic E-state index is 9.22. The Balaban J connectivity index is 0. The van der Waals surface area contributed by atoms with Crippen molar-refractivity contribution in [2.24, 2.45) is 0 Å². The Bertz CT molecular complexity index is 742. The molecule has 0 heterocycles. The van der Waals surface area contributed by atoms with E-state index < -0.39 is 10.4 Å². The number of hydrogen-bond acceptors (Lipinski definition) is 4. The SMILES string of the molecule is CCCCCCCCCCCCCCCCCCCCCCCCCCCCCCCCCCCC[N+](C)(C)CCCCCC.COS(=O)(=O)[O-]. The summed E-state index contributed by atoms with van der Waals surface area (Å²) in [5.74, 6) is 0. The van der Waals surface area contributed by atoms with E-state index in [0.29, 0.717) is 0 Å². The predicted octanol–water partition coefficient (Wildman–Crippen LogP) is 15.0. The lowest BCUT2D eigenvalue weighted by molar-refractivity contribution is -0.890. The summed E-state index contributed by atoms with van der Waals surface area (Å²) < 4.78 is 32.3. The molecule has 0 radical (unpaired) electrons. The Labute approximate surface area is 323 Å². The first-order chi connectivity index (χ1) is 24.7. The number of quaternary nitrogens is 1. The van der Waals surface area contributed by atoms with E-state index in [2.05, 4.69) is 32.1 Å². The second kappa shape index (κ2) is 42.6.